The van der Waals surface area contributed by atoms with E-state index in [9.17, 15) is 9.18 Å². The Bertz CT molecular complexity index is 450. The van der Waals surface area contributed by atoms with Crippen molar-refractivity contribution in [2.75, 3.05) is 26.2 Å². The van der Waals surface area contributed by atoms with E-state index in [4.69, 9.17) is 0 Å². The second-order valence-corrected chi connectivity index (χ2v) is 5.14. The molecule has 1 saturated heterocycles. The van der Waals surface area contributed by atoms with Crippen LogP contribution >= 0.6 is 0 Å². The minimum atomic E-state index is -0.607. The minimum absolute atomic E-state index is 0.105. The molecule has 0 saturated carbocycles. The zero-order valence-electron chi connectivity index (χ0n) is 11.5. The Morgan fingerprint density at radius 1 is 1.32 bits per heavy atom. The molecule has 5 heteroatoms. The number of aromatic nitrogens is 1. The van der Waals surface area contributed by atoms with Gasteiger partial charge in [-0.2, -0.15) is 4.39 Å². The first-order valence-corrected chi connectivity index (χ1v) is 6.73. The summed E-state index contributed by atoms with van der Waals surface area (Å²) in [6.45, 7) is 7.63. The highest BCUT2D eigenvalue weighted by atomic mass is 19.1. The fraction of sp³-hybridized carbons (Fsp3) is 0.571. The Kier molecular flexibility index (Phi) is 4.47. The molecule has 0 radical (unpaired) electrons. The van der Waals surface area contributed by atoms with Gasteiger partial charge in [-0.15, -0.1) is 0 Å². The third kappa shape index (κ3) is 3.50. The SMILES string of the molecule is CC(C)N1CCCN(C(=O)c2ccnc(F)c2)CC1. The van der Waals surface area contributed by atoms with Gasteiger partial charge in [0.2, 0.25) is 5.95 Å². The summed E-state index contributed by atoms with van der Waals surface area (Å²) in [7, 11) is 0. The maximum Gasteiger partial charge on any atom is 0.254 e. The lowest BCUT2D eigenvalue weighted by Gasteiger charge is -2.24. The first kappa shape index (κ1) is 13.9. The van der Waals surface area contributed by atoms with Crippen LogP contribution in [0.15, 0.2) is 18.3 Å². The molecule has 4 nitrogen and oxygen atoms in total. The third-order valence-corrected chi connectivity index (χ3v) is 3.52. The highest BCUT2D eigenvalue weighted by Gasteiger charge is 2.21. The van der Waals surface area contributed by atoms with Crippen molar-refractivity contribution in [2.24, 2.45) is 0 Å². The van der Waals surface area contributed by atoms with E-state index in [0.717, 1.165) is 26.1 Å². The van der Waals surface area contributed by atoms with E-state index in [1.165, 1.54) is 12.3 Å². The second-order valence-electron chi connectivity index (χ2n) is 5.14. The summed E-state index contributed by atoms with van der Waals surface area (Å²) in [5.74, 6) is -0.712. The van der Waals surface area contributed by atoms with Gasteiger partial charge in [0, 0.05) is 50.0 Å². The van der Waals surface area contributed by atoms with Crippen LogP contribution < -0.4 is 0 Å². The van der Waals surface area contributed by atoms with Crippen LogP contribution in [-0.2, 0) is 0 Å². The van der Waals surface area contributed by atoms with Crippen molar-refractivity contribution >= 4 is 5.91 Å². The summed E-state index contributed by atoms with van der Waals surface area (Å²) >= 11 is 0. The molecule has 19 heavy (non-hydrogen) atoms. The lowest BCUT2D eigenvalue weighted by atomic mass is 10.2. The van der Waals surface area contributed by atoms with Crippen molar-refractivity contribution in [3.8, 4) is 0 Å². The lowest BCUT2D eigenvalue weighted by Crippen LogP contribution is -2.37. The fourth-order valence-electron chi connectivity index (χ4n) is 2.37. The zero-order chi connectivity index (χ0) is 13.8. The molecule has 104 valence electrons. The summed E-state index contributed by atoms with van der Waals surface area (Å²) in [5.41, 5.74) is 0.380. The van der Waals surface area contributed by atoms with Crippen LogP contribution in [-0.4, -0.2) is 52.9 Å². The van der Waals surface area contributed by atoms with Gasteiger partial charge < -0.3 is 4.90 Å². The minimum Gasteiger partial charge on any atom is -0.337 e. The van der Waals surface area contributed by atoms with Gasteiger partial charge in [0.1, 0.15) is 0 Å². The smallest absolute Gasteiger partial charge is 0.254 e. The van der Waals surface area contributed by atoms with Gasteiger partial charge >= 0.3 is 0 Å². The van der Waals surface area contributed by atoms with Gasteiger partial charge in [-0.05, 0) is 26.3 Å². The van der Waals surface area contributed by atoms with Crippen LogP contribution in [0.25, 0.3) is 0 Å². The maximum absolute atomic E-state index is 13.1. The number of halogens is 1. The fourth-order valence-corrected chi connectivity index (χ4v) is 2.37. The van der Waals surface area contributed by atoms with Crippen LogP contribution in [0.3, 0.4) is 0 Å². The van der Waals surface area contributed by atoms with Crippen LogP contribution in [0.1, 0.15) is 30.6 Å². The molecule has 1 amide bonds. The summed E-state index contributed by atoms with van der Waals surface area (Å²) in [6.07, 6.45) is 2.29. The third-order valence-electron chi connectivity index (χ3n) is 3.52. The molecule has 0 unspecified atom stereocenters. The maximum atomic E-state index is 13.1. The molecule has 1 aromatic rings. The number of hydrogen-bond donors (Lipinski definition) is 0. The highest BCUT2D eigenvalue weighted by molar-refractivity contribution is 5.94. The Balaban J connectivity index is 2.04. The van der Waals surface area contributed by atoms with E-state index in [1.807, 2.05) is 0 Å². The number of carbonyl (C=O) groups is 1. The first-order chi connectivity index (χ1) is 9.08. The summed E-state index contributed by atoms with van der Waals surface area (Å²) in [4.78, 5) is 19.9. The average molecular weight is 265 g/mol. The molecule has 2 rings (SSSR count). The van der Waals surface area contributed by atoms with Crippen molar-refractivity contribution in [1.29, 1.82) is 0 Å². The monoisotopic (exact) mass is 265 g/mol. The topological polar surface area (TPSA) is 36.4 Å². The molecule has 0 bridgehead atoms. The van der Waals surface area contributed by atoms with Crippen molar-refractivity contribution in [1.82, 2.24) is 14.8 Å². The van der Waals surface area contributed by atoms with Crippen molar-refractivity contribution in [3.05, 3.63) is 29.8 Å². The molecule has 1 fully saturated rings. The average Bonchev–Trinajstić information content (AvgIpc) is 2.63. The molecule has 0 aliphatic carbocycles. The predicted octanol–water partition coefficient (Wildman–Crippen LogP) is 1.78. The number of carbonyl (C=O) groups excluding carboxylic acids is 1. The van der Waals surface area contributed by atoms with Crippen LogP contribution in [0.2, 0.25) is 0 Å². The molecule has 0 aromatic carbocycles. The number of pyridine rings is 1. The second kappa shape index (κ2) is 6.10. The van der Waals surface area contributed by atoms with E-state index >= 15 is 0 Å². The van der Waals surface area contributed by atoms with E-state index in [2.05, 4.69) is 23.7 Å². The van der Waals surface area contributed by atoms with Gasteiger partial charge in [0.05, 0.1) is 0 Å². The molecule has 2 heterocycles. The Labute approximate surface area is 113 Å². The van der Waals surface area contributed by atoms with Gasteiger partial charge in [0.25, 0.3) is 5.91 Å². The van der Waals surface area contributed by atoms with Gasteiger partial charge in [-0.25, -0.2) is 4.98 Å². The Morgan fingerprint density at radius 3 is 2.79 bits per heavy atom. The molecular weight excluding hydrogens is 245 g/mol. The molecule has 1 aliphatic heterocycles. The largest absolute Gasteiger partial charge is 0.337 e. The van der Waals surface area contributed by atoms with E-state index in [0.29, 0.717) is 18.2 Å². The highest BCUT2D eigenvalue weighted by Crippen LogP contribution is 2.11. The van der Waals surface area contributed by atoms with Crippen molar-refractivity contribution < 1.29 is 9.18 Å². The van der Waals surface area contributed by atoms with Crippen molar-refractivity contribution in [3.63, 3.8) is 0 Å². The summed E-state index contributed by atoms with van der Waals surface area (Å²) in [5, 5.41) is 0. The standard InChI is InChI=1S/C14H20FN3O/c1-11(2)17-6-3-7-18(9-8-17)14(19)12-4-5-16-13(15)10-12/h4-5,10-11H,3,6-9H2,1-2H3. The molecule has 0 N–H and O–H groups in total. The van der Waals surface area contributed by atoms with Crippen molar-refractivity contribution in [2.45, 2.75) is 26.3 Å². The van der Waals surface area contributed by atoms with E-state index in [-0.39, 0.29) is 5.91 Å². The van der Waals surface area contributed by atoms with Gasteiger partial charge in [-0.1, -0.05) is 0 Å². The first-order valence-electron chi connectivity index (χ1n) is 6.73. The van der Waals surface area contributed by atoms with Crippen LogP contribution in [0, 0.1) is 5.95 Å². The van der Waals surface area contributed by atoms with Gasteiger partial charge in [-0.3, -0.25) is 9.69 Å². The normalized spacial score (nSPS) is 17.6. The summed E-state index contributed by atoms with van der Waals surface area (Å²) < 4.78 is 13.1. The Morgan fingerprint density at radius 2 is 2.11 bits per heavy atom. The predicted molar refractivity (Wildman–Crippen MR) is 71.4 cm³/mol. The summed E-state index contributed by atoms with van der Waals surface area (Å²) in [6, 6.07) is 3.26. The number of amides is 1. The van der Waals surface area contributed by atoms with Gasteiger partial charge in [0.15, 0.2) is 0 Å². The number of rotatable bonds is 2. The molecule has 0 atom stereocenters. The number of hydrogen-bond acceptors (Lipinski definition) is 3. The molecule has 1 aromatic heterocycles. The lowest BCUT2D eigenvalue weighted by molar-refractivity contribution is 0.0758. The molecule has 0 spiro atoms. The van der Waals surface area contributed by atoms with E-state index in [1.54, 1.807) is 11.0 Å². The molecule has 1 aliphatic rings. The number of nitrogens with zero attached hydrogens (tertiary/aromatic N) is 3. The molecular formula is C14H20FN3O. The van der Waals surface area contributed by atoms with E-state index < -0.39 is 5.95 Å². The van der Waals surface area contributed by atoms with Crippen LogP contribution in [0.5, 0.6) is 0 Å². The quantitative estimate of drug-likeness (QED) is 0.765. The van der Waals surface area contributed by atoms with Crippen LogP contribution in [0.4, 0.5) is 4.39 Å². The zero-order valence-corrected chi connectivity index (χ0v) is 11.5. The Hall–Kier alpha value is -1.49.